The molecule has 5 saturated carbocycles. The van der Waals surface area contributed by atoms with Gasteiger partial charge in [-0.25, -0.2) is 0 Å². The van der Waals surface area contributed by atoms with Gasteiger partial charge < -0.3 is 4.74 Å². The van der Waals surface area contributed by atoms with Gasteiger partial charge in [0.05, 0.1) is 12.7 Å². The van der Waals surface area contributed by atoms with Crippen molar-refractivity contribution in [3.8, 4) is 0 Å². The molecular formula is C20H25BrO. The van der Waals surface area contributed by atoms with Crippen molar-refractivity contribution in [2.24, 2.45) is 35.0 Å². The van der Waals surface area contributed by atoms with E-state index in [1.54, 1.807) is 0 Å². The summed E-state index contributed by atoms with van der Waals surface area (Å²) in [5.41, 5.74) is 2.00. The summed E-state index contributed by atoms with van der Waals surface area (Å²) in [5, 5.41) is 0. The fourth-order valence-electron chi connectivity index (χ4n) is 6.80. The summed E-state index contributed by atoms with van der Waals surface area (Å²) in [4.78, 5) is 0.793. The minimum Gasteiger partial charge on any atom is -0.373 e. The van der Waals surface area contributed by atoms with Crippen LogP contribution in [0.4, 0.5) is 0 Å². The van der Waals surface area contributed by atoms with E-state index in [-0.39, 0.29) is 0 Å². The van der Waals surface area contributed by atoms with Crippen LogP contribution in [0.5, 0.6) is 0 Å². The molecule has 0 amide bonds. The standard InChI is InChI=1S/C20H25BrO/c1-2-3-9-20-17-13-10-14(16(18(17)20)15(13)19(20)21)22-11-12-7-5-4-6-8-12/h4-8,13-19H,2-3,9-11H2,1H3/t13-,14-,15-,16+,17+,18-,19-,20+/m0/s1. The fourth-order valence-corrected chi connectivity index (χ4v) is 8.39. The number of halogens is 1. The van der Waals surface area contributed by atoms with Crippen molar-refractivity contribution < 1.29 is 4.74 Å². The van der Waals surface area contributed by atoms with E-state index >= 15 is 0 Å². The molecule has 0 unspecified atom stereocenters. The molecule has 118 valence electrons. The fraction of sp³-hybridized carbons (Fsp3) is 0.700. The second-order valence-electron chi connectivity index (χ2n) is 8.06. The highest BCUT2D eigenvalue weighted by Crippen LogP contribution is 2.90. The second kappa shape index (κ2) is 4.83. The van der Waals surface area contributed by atoms with Crippen molar-refractivity contribution in [2.75, 3.05) is 0 Å². The molecule has 0 heterocycles. The molecule has 0 aliphatic heterocycles. The monoisotopic (exact) mass is 360 g/mol. The Hall–Kier alpha value is -0.340. The molecule has 5 aliphatic carbocycles. The van der Waals surface area contributed by atoms with Gasteiger partial charge in [-0.2, -0.15) is 0 Å². The SMILES string of the molecule is CCCC[C@]12[C@@H]3[C@H]4C[C@H](OCc5ccccc5)[C@H]([C@H]4[C@@H]1Br)[C@@H]32. The predicted octanol–water partition coefficient (Wildman–Crippen LogP) is 5.04. The number of unbranched alkanes of at least 4 members (excludes halogenated alkanes) is 1. The first kappa shape index (κ1) is 14.0. The molecule has 0 spiro atoms. The van der Waals surface area contributed by atoms with Crippen LogP contribution in [0.25, 0.3) is 0 Å². The third kappa shape index (κ3) is 1.59. The van der Waals surface area contributed by atoms with Crippen LogP contribution in [0.3, 0.4) is 0 Å². The molecule has 0 radical (unpaired) electrons. The summed E-state index contributed by atoms with van der Waals surface area (Å²) in [6.07, 6.45) is 6.08. The van der Waals surface area contributed by atoms with Crippen molar-refractivity contribution in [2.45, 2.75) is 50.1 Å². The summed E-state index contributed by atoms with van der Waals surface area (Å²) in [7, 11) is 0. The van der Waals surface area contributed by atoms with Crippen LogP contribution in [0.15, 0.2) is 30.3 Å². The van der Waals surface area contributed by atoms with E-state index in [9.17, 15) is 0 Å². The maximum Gasteiger partial charge on any atom is 0.0720 e. The van der Waals surface area contributed by atoms with Gasteiger partial charge in [-0.3, -0.25) is 0 Å². The molecular weight excluding hydrogens is 336 g/mol. The highest BCUT2D eigenvalue weighted by atomic mass is 79.9. The van der Waals surface area contributed by atoms with E-state index in [0.717, 1.165) is 41.0 Å². The van der Waals surface area contributed by atoms with Crippen molar-refractivity contribution in [1.29, 1.82) is 0 Å². The molecule has 5 fully saturated rings. The lowest BCUT2D eigenvalue weighted by molar-refractivity contribution is -0.000545. The Labute approximate surface area is 141 Å². The van der Waals surface area contributed by atoms with Crippen LogP contribution in [0.1, 0.15) is 38.2 Å². The summed E-state index contributed by atoms with van der Waals surface area (Å²) in [6, 6.07) is 10.7. The summed E-state index contributed by atoms with van der Waals surface area (Å²) in [5.74, 6) is 4.80. The van der Waals surface area contributed by atoms with Crippen LogP contribution >= 0.6 is 15.9 Å². The second-order valence-corrected chi connectivity index (χ2v) is 9.05. The summed E-state index contributed by atoms with van der Waals surface area (Å²) < 4.78 is 6.39. The molecule has 1 nitrogen and oxygen atoms in total. The highest BCUT2D eigenvalue weighted by molar-refractivity contribution is 9.09. The van der Waals surface area contributed by atoms with Gasteiger partial charge in [0.2, 0.25) is 0 Å². The van der Waals surface area contributed by atoms with E-state index in [0.29, 0.717) is 11.5 Å². The van der Waals surface area contributed by atoms with E-state index in [2.05, 4.69) is 53.2 Å². The zero-order valence-corrected chi connectivity index (χ0v) is 14.8. The lowest BCUT2D eigenvalue weighted by Gasteiger charge is -2.22. The molecule has 0 saturated heterocycles. The van der Waals surface area contributed by atoms with E-state index < -0.39 is 0 Å². The van der Waals surface area contributed by atoms with Gasteiger partial charge >= 0.3 is 0 Å². The molecule has 1 aromatic rings. The summed E-state index contributed by atoms with van der Waals surface area (Å²) in [6.45, 7) is 3.13. The van der Waals surface area contributed by atoms with Crippen LogP contribution in [0, 0.1) is 35.0 Å². The van der Waals surface area contributed by atoms with Gasteiger partial charge in [-0.15, -0.1) is 0 Å². The number of hydrogen-bond acceptors (Lipinski definition) is 1. The van der Waals surface area contributed by atoms with Crippen molar-refractivity contribution in [3.63, 3.8) is 0 Å². The van der Waals surface area contributed by atoms with Crippen molar-refractivity contribution in [3.05, 3.63) is 35.9 Å². The van der Waals surface area contributed by atoms with Gasteiger partial charge in [0.1, 0.15) is 0 Å². The Morgan fingerprint density at radius 1 is 1.18 bits per heavy atom. The zero-order valence-electron chi connectivity index (χ0n) is 13.2. The molecule has 8 atom stereocenters. The van der Waals surface area contributed by atoms with Crippen molar-refractivity contribution in [1.82, 2.24) is 0 Å². The van der Waals surface area contributed by atoms with Gasteiger partial charge in [0.25, 0.3) is 0 Å². The van der Waals surface area contributed by atoms with Crippen LogP contribution in [-0.2, 0) is 11.3 Å². The van der Waals surface area contributed by atoms with Crippen LogP contribution in [-0.4, -0.2) is 10.9 Å². The first-order chi connectivity index (χ1) is 10.8. The Kier molecular flexibility index (Phi) is 3.08. The van der Waals surface area contributed by atoms with Gasteiger partial charge in [-0.1, -0.05) is 66.0 Å². The lowest BCUT2D eigenvalue weighted by atomic mass is 9.96. The van der Waals surface area contributed by atoms with E-state index in [4.69, 9.17) is 4.74 Å². The third-order valence-electron chi connectivity index (χ3n) is 7.39. The molecule has 6 bridgehead atoms. The Morgan fingerprint density at radius 3 is 2.73 bits per heavy atom. The highest BCUT2D eigenvalue weighted by Gasteiger charge is 2.88. The topological polar surface area (TPSA) is 9.23 Å². The smallest absolute Gasteiger partial charge is 0.0720 e. The van der Waals surface area contributed by atoms with Gasteiger partial charge in [0, 0.05) is 4.83 Å². The van der Waals surface area contributed by atoms with Gasteiger partial charge in [-0.05, 0) is 53.4 Å². The van der Waals surface area contributed by atoms with Gasteiger partial charge in [0.15, 0.2) is 0 Å². The Balaban J connectivity index is 1.30. The Morgan fingerprint density at radius 2 is 2.00 bits per heavy atom. The molecule has 1 aromatic carbocycles. The number of benzene rings is 1. The average molecular weight is 361 g/mol. The molecule has 0 N–H and O–H groups in total. The predicted molar refractivity (Wildman–Crippen MR) is 91.8 cm³/mol. The average Bonchev–Trinajstić information content (AvgIpc) is 2.77. The first-order valence-electron chi connectivity index (χ1n) is 9.08. The third-order valence-corrected chi connectivity index (χ3v) is 8.85. The maximum atomic E-state index is 6.39. The van der Waals surface area contributed by atoms with E-state index in [1.165, 1.54) is 31.2 Å². The molecule has 0 aromatic heterocycles. The number of hydrogen-bond donors (Lipinski definition) is 0. The number of rotatable bonds is 6. The minimum absolute atomic E-state index is 0.530. The Bertz CT molecular complexity index is 568. The van der Waals surface area contributed by atoms with Crippen molar-refractivity contribution >= 4 is 15.9 Å². The minimum atomic E-state index is 0.530. The molecule has 6 rings (SSSR count). The van der Waals surface area contributed by atoms with E-state index in [1.807, 2.05) is 0 Å². The summed E-state index contributed by atoms with van der Waals surface area (Å²) >= 11 is 4.13. The quantitative estimate of drug-likeness (QED) is 0.645. The first-order valence-corrected chi connectivity index (χ1v) is 10.00. The number of ether oxygens (including phenoxy) is 1. The van der Waals surface area contributed by atoms with Crippen LogP contribution in [0.2, 0.25) is 0 Å². The van der Waals surface area contributed by atoms with Crippen LogP contribution < -0.4 is 0 Å². The molecule has 5 aliphatic rings. The lowest BCUT2D eigenvalue weighted by Crippen LogP contribution is -2.23. The molecule has 2 heteroatoms. The largest absolute Gasteiger partial charge is 0.373 e. The number of alkyl halides is 1. The maximum absolute atomic E-state index is 6.39. The molecule has 22 heavy (non-hydrogen) atoms. The normalized spacial score (nSPS) is 49.8. The zero-order chi connectivity index (χ0) is 14.9.